The van der Waals surface area contributed by atoms with Gasteiger partial charge in [-0.3, -0.25) is 0 Å². The standard InChI is InChI=1S/C10H8O.Ga/c11-10-6-5-8-3-1-2-4-9(8)7-10;/h1-7,11H;/q;+1/p-1. The fourth-order valence-electron chi connectivity index (χ4n) is 1.24. The van der Waals surface area contributed by atoms with Crippen LogP contribution in [0.1, 0.15) is 0 Å². The van der Waals surface area contributed by atoms with Crippen molar-refractivity contribution in [1.29, 1.82) is 0 Å². The third kappa shape index (κ3) is 1.35. The van der Waals surface area contributed by atoms with Crippen LogP contribution in [0.3, 0.4) is 0 Å². The van der Waals surface area contributed by atoms with Gasteiger partial charge in [-0.1, -0.05) is 0 Å². The van der Waals surface area contributed by atoms with Crippen LogP contribution in [0.2, 0.25) is 0 Å². The molecule has 0 bridgehead atoms. The SMILES string of the molecule is [Ga][O]c1ccc2ccccc2c1. The molecule has 0 fully saturated rings. The Labute approximate surface area is 81.7 Å². The van der Waals surface area contributed by atoms with Crippen LogP contribution in [0.15, 0.2) is 42.5 Å². The zero-order valence-corrected chi connectivity index (χ0v) is 8.95. The molecule has 2 rings (SSSR count). The molecule has 0 atom stereocenters. The van der Waals surface area contributed by atoms with Crippen LogP contribution < -0.4 is 3.53 Å². The Balaban J connectivity index is 2.67. The Morgan fingerprint density at radius 2 is 1.67 bits per heavy atom. The van der Waals surface area contributed by atoms with E-state index in [2.05, 4.69) is 24.3 Å². The molecule has 0 aliphatic heterocycles. The predicted molar refractivity (Wildman–Crippen MR) is 50.3 cm³/mol. The van der Waals surface area contributed by atoms with Gasteiger partial charge in [-0.25, -0.2) is 0 Å². The fourth-order valence-corrected chi connectivity index (χ4v) is 1.55. The molecule has 56 valence electrons. The van der Waals surface area contributed by atoms with Crippen LogP contribution >= 0.6 is 0 Å². The van der Waals surface area contributed by atoms with Crippen LogP contribution in [-0.4, -0.2) is 19.0 Å². The van der Waals surface area contributed by atoms with Gasteiger partial charge < -0.3 is 0 Å². The summed E-state index contributed by atoms with van der Waals surface area (Å²) < 4.78 is 5.18. The van der Waals surface area contributed by atoms with Gasteiger partial charge in [-0.2, -0.15) is 0 Å². The van der Waals surface area contributed by atoms with Gasteiger partial charge >= 0.3 is 81.5 Å². The minimum atomic E-state index is 0.939. The first kappa shape index (κ1) is 7.77. The Bertz CT molecular complexity index is 398. The van der Waals surface area contributed by atoms with Crippen molar-refractivity contribution in [2.24, 2.45) is 0 Å². The van der Waals surface area contributed by atoms with E-state index in [9.17, 15) is 0 Å². The summed E-state index contributed by atoms with van der Waals surface area (Å²) in [5, 5.41) is 2.48. The van der Waals surface area contributed by atoms with Crippen molar-refractivity contribution >= 4 is 29.7 Å². The summed E-state index contributed by atoms with van der Waals surface area (Å²) in [6.45, 7) is 0. The molecular formula is C10H7GaO. The minimum absolute atomic E-state index is 0.939. The number of hydrogen-bond donors (Lipinski definition) is 0. The number of fused-ring (bicyclic) bond motifs is 1. The molecule has 12 heavy (non-hydrogen) atoms. The first-order valence-corrected chi connectivity index (χ1v) is 4.74. The maximum atomic E-state index is 5.18. The van der Waals surface area contributed by atoms with Crippen molar-refractivity contribution in [3.8, 4) is 5.75 Å². The predicted octanol–water partition coefficient (Wildman–Crippen LogP) is 2.30. The second-order valence-corrected chi connectivity index (χ2v) is 3.12. The van der Waals surface area contributed by atoms with E-state index in [0.717, 1.165) is 5.75 Å². The monoisotopic (exact) mass is 212 g/mol. The van der Waals surface area contributed by atoms with E-state index < -0.39 is 0 Å². The number of hydrogen-bond acceptors (Lipinski definition) is 1. The normalized spacial score (nSPS) is 10.0. The molecule has 2 aromatic carbocycles. The van der Waals surface area contributed by atoms with Gasteiger partial charge in [0.25, 0.3) is 0 Å². The molecule has 0 saturated carbocycles. The summed E-state index contributed by atoms with van der Waals surface area (Å²) >= 11 is 1.27. The molecule has 0 aromatic heterocycles. The quantitative estimate of drug-likeness (QED) is 0.660. The third-order valence-electron chi connectivity index (χ3n) is 1.86. The summed E-state index contributed by atoms with van der Waals surface area (Å²) in [6.07, 6.45) is 0. The van der Waals surface area contributed by atoms with Gasteiger partial charge in [0.05, 0.1) is 0 Å². The third-order valence-corrected chi connectivity index (χ3v) is 2.43. The summed E-state index contributed by atoms with van der Waals surface area (Å²) in [5.41, 5.74) is 0. The van der Waals surface area contributed by atoms with Crippen molar-refractivity contribution in [2.75, 3.05) is 0 Å². The summed E-state index contributed by atoms with van der Waals surface area (Å²) in [6, 6.07) is 14.4. The molecule has 0 aliphatic rings. The van der Waals surface area contributed by atoms with Crippen LogP contribution in [0, 0.1) is 0 Å². The molecule has 2 aromatic rings. The van der Waals surface area contributed by atoms with Gasteiger partial charge in [0.2, 0.25) is 0 Å². The van der Waals surface area contributed by atoms with Gasteiger partial charge in [-0.05, 0) is 0 Å². The number of rotatable bonds is 1. The first-order valence-electron chi connectivity index (χ1n) is 3.76. The Hall–Kier alpha value is -0.864. The van der Waals surface area contributed by atoms with E-state index in [1.165, 1.54) is 29.7 Å². The van der Waals surface area contributed by atoms with Crippen molar-refractivity contribution in [3.63, 3.8) is 0 Å². The van der Waals surface area contributed by atoms with Crippen molar-refractivity contribution in [2.45, 2.75) is 0 Å². The zero-order chi connectivity index (χ0) is 8.39. The molecular weight excluding hydrogens is 206 g/mol. The molecule has 0 amide bonds. The molecule has 0 heterocycles. The Morgan fingerprint density at radius 3 is 2.42 bits per heavy atom. The summed E-state index contributed by atoms with van der Waals surface area (Å²) in [5.74, 6) is 0.939. The molecule has 2 radical (unpaired) electrons. The van der Waals surface area contributed by atoms with Crippen LogP contribution in [-0.2, 0) is 0 Å². The zero-order valence-electron chi connectivity index (χ0n) is 6.53. The van der Waals surface area contributed by atoms with Gasteiger partial charge in [0.1, 0.15) is 0 Å². The number of benzene rings is 2. The van der Waals surface area contributed by atoms with E-state index >= 15 is 0 Å². The van der Waals surface area contributed by atoms with Gasteiger partial charge in [0.15, 0.2) is 0 Å². The van der Waals surface area contributed by atoms with Crippen LogP contribution in [0.5, 0.6) is 5.75 Å². The van der Waals surface area contributed by atoms with E-state index in [0.29, 0.717) is 0 Å². The molecule has 1 nitrogen and oxygen atoms in total. The molecule has 0 unspecified atom stereocenters. The topological polar surface area (TPSA) is 9.23 Å². The second-order valence-electron chi connectivity index (χ2n) is 2.63. The summed E-state index contributed by atoms with van der Waals surface area (Å²) in [4.78, 5) is 0. The second kappa shape index (κ2) is 3.25. The van der Waals surface area contributed by atoms with Crippen LogP contribution in [0.25, 0.3) is 10.8 Å². The van der Waals surface area contributed by atoms with Gasteiger partial charge in [-0.15, -0.1) is 0 Å². The van der Waals surface area contributed by atoms with Crippen LogP contribution in [0.4, 0.5) is 0 Å². The molecule has 0 saturated heterocycles. The molecule has 0 aliphatic carbocycles. The molecule has 0 N–H and O–H groups in total. The van der Waals surface area contributed by atoms with Crippen molar-refractivity contribution in [1.82, 2.24) is 0 Å². The first-order chi connectivity index (χ1) is 5.90. The molecule has 2 heteroatoms. The Morgan fingerprint density at radius 1 is 0.917 bits per heavy atom. The van der Waals surface area contributed by atoms with E-state index in [4.69, 9.17) is 3.53 Å². The average Bonchev–Trinajstić information content (AvgIpc) is 2.17. The van der Waals surface area contributed by atoms with E-state index in [1.54, 1.807) is 0 Å². The summed E-state index contributed by atoms with van der Waals surface area (Å²) in [7, 11) is 0. The van der Waals surface area contributed by atoms with E-state index in [1.807, 2.05) is 18.2 Å². The maximum absolute atomic E-state index is 5.18. The van der Waals surface area contributed by atoms with Gasteiger partial charge in [0, 0.05) is 0 Å². The van der Waals surface area contributed by atoms with Crippen molar-refractivity contribution < 1.29 is 3.53 Å². The fraction of sp³-hybridized carbons (Fsp3) is 0. The van der Waals surface area contributed by atoms with Crippen molar-refractivity contribution in [3.05, 3.63) is 42.5 Å². The molecule has 0 spiro atoms. The van der Waals surface area contributed by atoms with E-state index in [-0.39, 0.29) is 0 Å². The Kier molecular flexibility index (Phi) is 2.10. The average molecular weight is 213 g/mol.